The van der Waals surface area contributed by atoms with Gasteiger partial charge >= 0.3 is 0 Å². The summed E-state index contributed by atoms with van der Waals surface area (Å²) >= 11 is 6.11. The number of rotatable bonds is 9. The lowest BCUT2D eigenvalue weighted by Crippen LogP contribution is -2.38. The summed E-state index contributed by atoms with van der Waals surface area (Å²) in [4.78, 5) is 36.7. The van der Waals surface area contributed by atoms with Crippen LogP contribution >= 0.6 is 11.6 Å². The first-order valence-corrected chi connectivity index (χ1v) is 13.0. The predicted molar refractivity (Wildman–Crippen MR) is 144 cm³/mol. The number of ketones is 1. The van der Waals surface area contributed by atoms with Crippen LogP contribution in [0.25, 0.3) is 0 Å². The first-order chi connectivity index (χ1) is 18.2. The summed E-state index contributed by atoms with van der Waals surface area (Å²) in [6.45, 7) is -0.670. The van der Waals surface area contributed by atoms with Crippen molar-refractivity contribution in [2.24, 2.45) is 0 Å². The summed E-state index contributed by atoms with van der Waals surface area (Å²) in [6, 6.07) is 25.0. The molecule has 0 aromatic heterocycles. The van der Waals surface area contributed by atoms with Gasteiger partial charge in [0.15, 0.2) is 5.78 Å². The molecule has 9 nitrogen and oxygen atoms in total. The van der Waals surface area contributed by atoms with Crippen LogP contribution in [0.1, 0.15) is 15.9 Å². The van der Waals surface area contributed by atoms with Crippen molar-refractivity contribution < 1.29 is 22.9 Å². The van der Waals surface area contributed by atoms with Gasteiger partial charge in [-0.05, 0) is 42.5 Å². The molecule has 38 heavy (non-hydrogen) atoms. The predicted octanol–water partition coefficient (Wildman–Crippen LogP) is 5.31. The Labute approximate surface area is 223 Å². The molecule has 0 aliphatic rings. The lowest BCUT2D eigenvalue weighted by atomic mass is 10.0. The van der Waals surface area contributed by atoms with E-state index in [0.29, 0.717) is 5.56 Å². The maximum Gasteiger partial charge on any atom is 0.269 e. The van der Waals surface area contributed by atoms with E-state index in [0.717, 1.165) is 16.4 Å². The standard InChI is InChI=1S/C27H20ClN3O6S/c28-20-11-16-25(24(17-20)27(33)19-7-3-1-4-8-19)29-26(32)18-30(21-12-14-22(15-13-21)31(34)35)38(36,37)23-9-5-2-6-10-23/h1-17H,18H2,(H,29,32). The Balaban J connectivity index is 1.67. The van der Waals surface area contributed by atoms with E-state index in [9.17, 15) is 28.1 Å². The highest BCUT2D eigenvalue weighted by Crippen LogP contribution is 2.27. The van der Waals surface area contributed by atoms with Crippen molar-refractivity contribution in [1.29, 1.82) is 0 Å². The summed E-state index contributed by atoms with van der Waals surface area (Å²) < 4.78 is 27.8. The van der Waals surface area contributed by atoms with E-state index in [1.54, 1.807) is 36.4 Å². The third-order valence-electron chi connectivity index (χ3n) is 5.50. The summed E-state index contributed by atoms with van der Waals surface area (Å²) in [5.41, 5.74) is 0.468. The zero-order valence-corrected chi connectivity index (χ0v) is 21.2. The number of nitrogens with one attached hydrogen (secondary N) is 1. The normalized spacial score (nSPS) is 11.0. The molecule has 11 heteroatoms. The van der Waals surface area contributed by atoms with Crippen molar-refractivity contribution in [3.63, 3.8) is 0 Å². The van der Waals surface area contributed by atoms with Crippen molar-refractivity contribution in [2.45, 2.75) is 4.90 Å². The number of sulfonamides is 1. The summed E-state index contributed by atoms with van der Waals surface area (Å²) in [5.74, 6) is -1.13. The number of nitro groups is 1. The van der Waals surface area contributed by atoms with E-state index in [1.807, 2.05) is 0 Å². The monoisotopic (exact) mass is 549 g/mol. The second-order valence-electron chi connectivity index (χ2n) is 8.03. The second kappa shape index (κ2) is 11.2. The van der Waals surface area contributed by atoms with Crippen molar-refractivity contribution in [3.05, 3.63) is 129 Å². The zero-order chi connectivity index (χ0) is 27.3. The minimum Gasteiger partial charge on any atom is -0.324 e. The Bertz CT molecular complexity index is 1600. The molecule has 0 radical (unpaired) electrons. The molecule has 0 saturated heterocycles. The lowest BCUT2D eigenvalue weighted by Gasteiger charge is -2.24. The van der Waals surface area contributed by atoms with Crippen LogP contribution in [0.2, 0.25) is 5.02 Å². The number of hydrogen-bond donors (Lipinski definition) is 1. The van der Waals surface area contributed by atoms with Gasteiger partial charge in [-0.25, -0.2) is 8.42 Å². The Morgan fingerprint density at radius 1 is 0.868 bits per heavy atom. The number of hydrogen-bond acceptors (Lipinski definition) is 6. The van der Waals surface area contributed by atoms with E-state index in [1.165, 1.54) is 54.6 Å². The molecular formula is C27H20ClN3O6S. The molecule has 4 aromatic rings. The maximum absolute atomic E-state index is 13.5. The Morgan fingerprint density at radius 3 is 2.08 bits per heavy atom. The maximum atomic E-state index is 13.5. The van der Waals surface area contributed by atoms with Crippen molar-refractivity contribution >= 4 is 50.4 Å². The van der Waals surface area contributed by atoms with Gasteiger partial charge in [-0.1, -0.05) is 60.1 Å². The molecule has 1 amide bonds. The average Bonchev–Trinajstić information content (AvgIpc) is 2.93. The first kappa shape index (κ1) is 26.5. The number of anilines is 2. The van der Waals surface area contributed by atoms with Crippen LogP contribution in [-0.4, -0.2) is 31.6 Å². The molecule has 0 aliphatic carbocycles. The second-order valence-corrected chi connectivity index (χ2v) is 10.3. The molecule has 0 unspecified atom stereocenters. The first-order valence-electron chi connectivity index (χ1n) is 11.2. The van der Waals surface area contributed by atoms with E-state index in [4.69, 9.17) is 11.6 Å². The van der Waals surface area contributed by atoms with E-state index in [2.05, 4.69) is 5.32 Å². The van der Waals surface area contributed by atoms with Crippen LogP contribution in [0.5, 0.6) is 0 Å². The fraction of sp³-hybridized carbons (Fsp3) is 0.0370. The summed E-state index contributed by atoms with van der Waals surface area (Å²) in [6.07, 6.45) is 0. The third-order valence-corrected chi connectivity index (χ3v) is 7.53. The number of nitro benzene ring substituents is 1. The van der Waals surface area contributed by atoms with Crippen molar-refractivity contribution in [2.75, 3.05) is 16.2 Å². The van der Waals surface area contributed by atoms with Crippen molar-refractivity contribution in [3.8, 4) is 0 Å². The van der Waals surface area contributed by atoms with Gasteiger partial charge < -0.3 is 5.32 Å². The quantitative estimate of drug-likeness (QED) is 0.171. The van der Waals surface area contributed by atoms with Crippen LogP contribution in [0.4, 0.5) is 17.1 Å². The van der Waals surface area contributed by atoms with Crippen LogP contribution in [0, 0.1) is 10.1 Å². The van der Waals surface area contributed by atoms with Crippen LogP contribution in [-0.2, 0) is 14.8 Å². The molecule has 192 valence electrons. The average molecular weight is 550 g/mol. The van der Waals surface area contributed by atoms with Crippen molar-refractivity contribution in [1.82, 2.24) is 0 Å². The smallest absolute Gasteiger partial charge is 0.269 e. The fourth-order valence-corrected chi connectivity index (χ4v) is 5.27. The van der Waals surface area contributed by atoms with Gasteiger partial charge in [0.05, 0.1) is 21.2 Å². The largest absolute Gasteiger partial charge is 0.324 e. The van der Waals surface area contributed by atoms with Crippen LogP contribution in [0.15, 0.2) is 108 Å². The number of amides is 1. The number of halogens is 1. The fourth-order valence-electron chi connectivity index (χ4n) is 3.65. The number of benzene rings is 4. The molecule has 0 aliphatic heterocycles. The van der Waals surface area contributed by atoms with E-state index >= 15 is 0 Å². The summed E-state index contributed by atoms with van der Waals surface area (Å²) in [5, 5.41) is 14.0. The highest BCUT2D eigenvalue weighted by molar-refractivity contribution is 7.92. The van der Waals surface area contributed by atoms with Crippen LogP contribution in [0.3, 0.4) is 0 Å². The Morgan fingerprint density at radius 2 is 1.47 bits per heavy atom. The van der Waals surface area contributed by atoms with Gasteiger partial charge in [-0.15, -0.1) is 0 Å². The minimum atomic E-state index is -4.24. The van der Waals surface area contributed by atoms with Gasteiger partial charge in [-0.2, -0.15) is 0 Å². The van der Waals surface area contributed by atoms with Gasteiger partial charge in [0.2, 0.25) is 5.91 Å². The van der Waals surface area contributed by atoms with Gasteiger partial charge in [0.25, 0.3) is 15.7 Å². The molecule has 4 rings (SSSR count). The van der Waals surface area contributed by atoms with E-state index < -0.39 is 27.4 Å². The van der Waals surface area contributed by atoms with Gasteiger partial charge in [0, 0.05) is 28.3 Å². The SMILES string of the molecule is O=C(CN(c1ccc([N+](=O)[O-])cc1)S(=O)(=O)c1ccccc1)Nc1ccc(Cl)cc1C(=O)c1ccccc1. The molecule has 1 N–H and O–H groups in total. The number of nitrogens with zero attached hydrogens (tertiary/aromatic N) is 2. The topological polar surface area (TPSA) is 127 Å². The van der Waals surface area contributed by atoms with Gasteiger partial charge in [0.1, 0.15) is 6.54 Å². The molecule has 0 bridgehead atoms. The zero-order valence-electron chi connectivity index (χ0n) is 19.7. The highest BCUT2D eigenvalue weighted by atomic mass is 35.5. The summed E-state index contributed by atoms with van der Waals surface area (Å²) in [7, 11) is -4.24. The number of carbonyl (C=O) groups is 2. The van der Waals surface area contributed by atoms with E-state index in [-0.39, 0.29) is 38.3 Å². The molecule has 4 aromatic carbocycles. The molecule has 0 saturated carbocycles. The highest BCUT2D eigenvalue weighted by Gasteiger charge is 2.28. The molecule has 0 heterocycles. The molecule has 0 atom stereocenters. The molecule has 0 fully saturated rings. The molecule has 0 spiro atoms. The number of non-ortho nitro benzene ring substituents is 1. The van der Waals surface area contributed by atoms with Crippen LogP contribution < -0.4 is 9.62 Å². The van der Waals surface area contributed by atoms with Gasteiger partial charge in [-0.3, -0.25) is 24.0 Å². The number of carbonyl (C=O) groups excluding carboxylic acids is 2. The minimum absolute atomic E-state index is 0.0475. The Kier molecular flexibility index (Phi) is 7.85. The lowest BCUT2D eigenvalue weighted by molar-refractivity contribution is -0.384. The Hall–Kier alpha value is -4.54. The molecular weight excluding hydrogens is 530 g/mol. The third kappa shape index (κ3) is 5.88.